The van der Waals surface area contributed by atoms with Gasteiger partial charge >= 0.3 is 0 Å². The number of rotatable bonds is 8. The first-order chi connectivity index (χ1) is 12.3. The van der Waals surface area contributed by atoms with Gasteiger partial charge in [0.1, 0.15) is 11.3 Å². The van der Waals surface area contributed by atoms with E-state index in [0.717, 1.165) is 29.0 Å². The summed E-state index contributed by atoms with van der Waals surface area (Å²) in [4.78, 5) is 2.18. The topological polar surface area (TPSA) is 34.0 Å². The Morgan fingerprint density at radius 3 is 2.56 bits per heavy atom. The molecule has 2 aromatic carbocycles. The van der Waals surface area contributed by atoms with Crippen molar-refractivity contribution in [2.24, 2.45) is 0 Å². The molecular weight excluding hydrogens is 308 g/mol. The maximum absolute atomic E-state index is 4.41. The number of hydrogen-bond donors (Lipinski definition) is 0. The van der Waals surface area contributed by atoms with Gasteiger partial charge in [-0.3, -0.25) is 0 Å². The van der Waals surface area contributed by atoms with Gasteiger partial charge in [-0.15, -0.1) is 5.10 Å². The Morgan fingerprint density at radius 2 is 1.76 bits per heavy atom. The van der Waals surface area contributed by atoms with Crippen LogP contribution in [0.1, 0.15) is 39.0 Å². The number of hydrogen-bond acceptors (Lipinski definition) is 3. The summed E-state index contributed by atoms with van der Waals surface area (Å²) in [6.45, 7) is 2.24. The van der Waals surface area contributed by atoms with Crippen LogP contribution in [0.15, 0.2) is 60.7 Å². The van der Waals surface area contributed by atoms with Gasteiger partial charge in [0, 0.05) is 12.7 Å². The highest BCUT2D eigenvalue weighted by Gasteiger charge is 2.13. The maximum atomic E-state index is 4.41. The normalized spacial score (nSPS) is 11.8. The molecule has 0 bridgehead atoms. The molecule has 0 unspecified atom stereocenters. The van der Waals surface area contributed by atoms with Gasteiger partial charge in [0.2, 0.25) is 0 Å². The SMILES string of the molecule is CCCCCC/C=C(/N(C)c1ccccc1)n1nnc2ccccc21. The summed E-state index contributed by atoms with van der Waals surface area (Å²) < 4.78 is 1.95. The fraction of sp³-hybridized carbons (Fsp3) is 0.333. The maximum Gasteiger partial charge on any atom is 0.132 e. The first kappa shape index (κ1) is 17.2. The van der Waals surface area contributed by atoms with Gasteiger partial charge in [-0.05, 0) is 43.2 Å². The van der Waals surface area contributed by atoms with E-state index in [2.05, 4.69) is 65.6 Å². The molecule has 0 spiro atoms. The number of benzene rings is 2. The van der Waals surface area contributed by atoms with Gasteiger partial charge in [-0.1, -0.05) is 61.7 Å². The summed E-state index contributed by atoms with van der Waals surface area (Å²) in [6, 6.07) is 18.5. The van der Waals surface area contributed by atoms with Crippen molar-refractivity contribution in [2.45, 2.75) is 39.0 Å². The zero-order valence-electron chi connectivity index (χ0n) is 15.1. The third-order valence-corrected chi connectivity index (χ3v) is 4.44. The summed E-state index contributed by atoms with van der Waals surface area (Å²) in [5.74, 6) is 1.05. The minimum atomic E-state index is 0.917. The van der Waals surface area contributed by atoms with E-state index < -0.39 is 0 Å². The molecule has 0 aliphatic heterocycles. The van der Waals surface area contributed by atoms with Crippen LogP contribution >= 0.6 is 0 Å². The molecule has 0 saturated carbocycles. The Kier molecular flexibility index (Phi) is 5.83. The molecule has 0 amide bonds. The number of aromatic nitrogens is 3. The third kappa shape index (κ3) is 4.08. The smallest absolute Gasteiger partial charge is 0.132 e. The van der Waals surface area contributed by atoms with Gasteiger partial charge in [0.25, 0.3) is 0 Å². The number of fused-ring (bicyclic) bond motifs is 1. The predicted molar refractivity (Wildman–Crippen MR) is 105 cm³/mol. The molecule has 0 aliphatic carbocycles. The molecule has 0 N–H and O–H groups in total. The van der Waals surface area contributed by atoms with Crippen molar-refractivity contribution in [3.8, 4) is 0 Å². The molecule has 4 nitrogen and oxygen atoms in total. The fourth-order valence-corrected chi connectivity index (χ4v) is 2.99. The van der Waals surface area contributed by atoms with Gasteiger partial charge < -0.3 is 4.90 Å². The Hall–Kier alpha value is -2.62. The van der Waals surface area contributed by atoms with E-state index in [-0.39, 0.29) is 0 Å². The Bertz CT molecular complexity index is 820. The molecule has 0 aliphatic rings. The van der Waals surface area contributed by atoms with Crippen LogP contribution in [0.3, 0.4) is 0 Å². The first-order valence-electron chi connectivity index (χ1n) is 9.11. The second-order valence-corrected chi connectivity index (χ2v) is 6.30. The number of anilines is 1. The summed E-state index contributed by atoms with van der Waals surface area (Å²) >= 11 is 0. The number of unbranched alkanes of at least 4 members (excludes halogenated alkanes) is 4. The van der Waals surface area contributed by atoms with Crippen LogP contribution in [0.25, 0.3) is 16.9 Å². The van der Waals surface area contributed by atoms with Crippen molar-refractivity contribution in [2.75, 3.05) is 11.9 Å². The zero-order valence-corrected chi connectivity index (χ0v) is 15.1. The summed E-state index contributed by atoms with van der Waals surface area (Å²) in [6.07, 6.45) is 8.35. The van der Waals surface area contributed by atoms with E-state index in [1.807, 2.05) is 28.9 Å². The number of para-hydroxylation sites is 2. The standard InChI is InChI=1S/C21H26N4/c1-3-4-5-6-10-17-21(24(2)18-13-8-7-9-14-18)25-20-16-12-11-15-19(20)22-23-25/h7-9,11-17H,3-6,10H2,1-2H3/b21-17-. The van der Waals surface area contributed by atoms with Crippen LogP contribution in [-0.2, 0) is 0 Å². The van der Waals surface area contributed by atoms with Crippen molar-refractivity contribution in [3.63, 3.8) is 0 Å². The Labute approximate surface area is 149 Å². The molecule has 1 heterocycles. The molecule has 4 heteroatoms. The van der Waals surface area contributed by atoms with Crippen LogP contribution in [-0.4, -0.2) is 22.0 Å². The van der Waals surface area contributed by atoms with Gasteiger partial charge in [0.05, 0.1) is 5.52 Å². The van der Waals surface area contributed by atoms with Gasteiger partial charge in [-0.25, -0.2) is 0 Å². The quantitative estimate of drug-likeness (QED) is 0.522. The van der Waals surface area contributed by atoms with Gasteiger partial charge in [0.15, 0.2) is 0 Å². The first-order valence-corrected chi connectivity index (χ1v) is 9.11. The van der Waals surface area contributed by atoms with E-state index in [1.165, 1.54) is 25.7 Å². The van der Waals surface area contributed by atoms with E-state index in [4.69, 9.17) is 0 Å². The van der Waals surface area contributed by atoms with Crippen molar-refractivity contribution in [3.05, 3.63) is 60.7 Å². The molecule has 0 radical (unpaired) electrons. The molecule has 130 valence electrons. The Morgan fingerprint density at radius 1 is 1.00 bits per heavy atom. The lowest BCUT2D eigenvalue weighted by Crippen LogP contribution is -2.21. The minimum Gasteiger partial charge on any atom is -0.330 e. The summed E-state index contributed by atoms with van der Waals surface area (Å²) in [5.41, 5.74) is 3.09. The average molecular weight is 334 g/mol. The minimum absolute atomic E-state index is 0.917. The van der Waals surface area contributed by atoms with E-state index in [1.54, 1.807) is 0 Å². The zero-order chi connectivity index (χ0) is 17.5. The second kappa shape index (κ2) is 8.47. The summed E-state index contributed by atoms with van der Waals surface area (Å²) in [7, 11) is 2.09. The molecule has 0 saturated heterocycles. The van der Waals surface area contributed by atoms with Crippen molar-refractivity contribution >= 4 is 22.5 Å². The fourth-order valence-electron chi connectivity index (χ4n) is 2.99. The van der Waals surface area contributed by atoms with Crippen molar-refractivity contribution in [1.29, 1.82) is 0 Å². The highest BCUT2D eigenvalue weighted by molar-refractivity contribution is 5.80. The Balaban J connectivity index is 1.92. The highest BCUT2D eigenvalue weighted by Crippen LogP contribution is 2.23. The average Bonchev–Trinajstić information content (AvgIpc) is 3.09. The van der Waals surface area contributed by atoms with Crippen LogP contribution in [0.4, 0.5) is 5.69 Å². The second-order valence-electron chi connectivity index (χ2n) is 6.30. The number of allylic oxidation sites excluding steroid dienone is 1. The van der Waals surface area contributed by atoms with Crippen LogP contribution in [0.2, 0.25) is 0 Å². The molecule has 3 aromatic rings. The molecular formula is C21H26N4. The summed E-state index contributed by atoms with van der Waals surface area (Å²) in [5, 5.41) is 8.73. The highest BCUT2D eigenvalue weighted by atomic mass is 15.5. The predicted octanol–water partition coefficient (Wildman–Crippen LogP) is 5.34. The molecule has 0 atom stereocenters. The van der Waals surface area contributed by atoms with E-state index in [9.17, 15) is 0 Å². The lowest BCUT2D eigenvalue weighted by atomic mass is 10.1. The molecule has 3 rings (SSSR count). The third-order valence-electron chi connectivity index (χ3n) is 4.44. The lowest BCUT2D eigenvalue weighted by Gasteiger charge is -2.23. The largest absolute Gasteiger partial charge is 0.330 e. The van der Waals surface area contributed by atoms with Gasteiger partial charge in [-0.2, -0.15) is 4.68 Å². The van der Waals surface area contributed by atoms with Crippen LogP contribution < -0.4 is 4.90 Å². The lowest BCUT2D eigenvalue weighted by molar-refractivity contribution is 0.672. The van der Waals surface area contributed by atoms with Crippen molar-refractivity contribution < 1.29 is 0 Å². The van der Waals surface area contributed by atoms with Crippen LogP contribution in [0, 0.1) is 0 Å². The molecule has 0 fully saturated rings. The molecule has 1 aromatic heterocycles. The van der Waals surface area contributed by atoms with Crippen molar-refractivity contribution in [1.82, 2.24) is 15.0 Å². The van der Waals surface area contributed by atoms with E-state index in [0.29, 0.717) is 0 Å². The van der Waals surface area contributed by atoms with Crippen LogP contribution in [0.5, 0.6) is 0 Å². The molecule has 25 heavy (non-hydrogen) atoms. The van der Waals surface area contributed by atoms with E-state index >= 15 is 0 Å². The monoisotopic (exact) mass is 334 g/mol. The number of nitrogens with zero attached hydrogens (tertiary/aromatic N) is 4.